The Morgan fingerprint density at radius 2 is 1.79 bits per heavy atom. The van der Waals surface area contributed by atoms with Crippen molar-refractivity contribution in [2.45, 2.75) is 62.5 Å². The molecule has 0 aliphatic rings. The second-order valence-electron chi connectivity index (χ2n) is 9.23. The zero-order chi connectivity index (χ0) is 25.4. The highest BCUT2D eigenvalue weighted by Crippen LogP contribution is 2.20. The molecule has 3 N–H and O–H groups in total. The van der Waals surface area contributed by atoms with Crippen LogP contribution in [0.1, 0.15) is 44.2 Å². The van der Waals surface area contributed by atoms with Crippen molar-refractivity contribution in [2.24, 2.45) is 0 Å². The molecular formula is C25H35FN2O5S. The van der Waals surface area contributed by atoms with Gasteiger partial charge in [-0.25, -0.2) is 12.8 Å². The van der Waals surface area contributed by atoms with Crippen molar-refractivity contribution in [1.82, 2.24) is 9.62 Å². The van der Waals surface area contributed by atoms with Crippen molar-refractivity contribution in [1.29, 1.82) is 0 Å². The fourth-order valence-corrected chi connectivity index (χ4v) is 4.96. The van der Waals surface area contributed by atoms with E-state index in [-0.39, 0.29) is 41.9 Å². The minimum Gasteiger partial charge on any atom is -0.481 e. The molecule has 188 valence electrons. The Morgan fingerprint density at radius 3 is 2.44 bits per heavy atom. The number of hydrogen-bond acceptors (Lipinski definition) is 5. The molecule has 0 saturated carbocycles. The van der Waals surface area contributed by atoms with Crippen LogP contribution < -0.4 is 5.32 Å². The second-order valence-corrected chi connectivity index (χ2v) is 11.3. The smallest absolute Gasteiger partial charge is 0.303 e. The predicted molar refractivity (Wildman–Crippen MR) is 130 cm³/mol. The van der Waals surface area contributed by atoms with E-state index in [1.807, 2.05) is 32.0 Å². The van der Waals surface area contributed by atoms with Gasteiger partial charge < -0.3 is 15.5 Å². The Balaban J connectivity index is 1.90. The number of aliphatic hydroxyl groups is 1. The Labute approximate surface area is 201 Å². The molecule has 34 heavy (non-hydrogen) atoms. The number of carboxylic acid groups (broad SMARTS) is 1. The van der Waals surface area contributed by atoms with Gasteiger partial charge >= 0.3 is 5.97 Å². The van der Waals surface area contributed by atoms with Crippen LogP contribution in [0.25, 0.3) is 0 Å². The zero-order valence-corrected chi connectivity index (χ0v) is 20.8. The van der Waals surface area contributed by atoms with Crippen molar-refractivity contribution >= 4 is 16.0 Å². The summed E-state index contributed by atoms with van der Waals surface area (Å²) in [6, 6.07) is 13.5. The number of nitrogens with zero attached hydrogens (tertiary/aromatic N) is 1. The van der Waals surface area contributed by atoms with Gasteiger partial charge in [-0.3, -0.25) is 4.79 Å². The fraction of sp³-hybridized carbons (Fsp3) is 0.480. The number of β-amino-alcohol motifs (C(OH)–C–C–N with tert-alkyl or cyclic N) is 1. The van der Waals surface area contributed by atoms with Crippen LogP contribution in [0, 0.1) is 5.82 Å². The molecule has 0 bridgehead atoms. The molecule has 0 aliphatic heterocycles. The van der Waals surface area contributed by atoms with Gasteiger partial charge in [-0.1, -0.05) is 30.3 Å². The minimum atomic E-state index is -4.06. The molecular weight excluding hydrogens is 459 g/mol. The first-order chi connectivity index (χ1) is 15.9. The molecule has 0 fully saturated rings. The summed E-state index contributed by atoms with van der Waals surface area (Å²) in [4.78, 5) is 10.5. The zero-order valence-electron chi connectivity index (χ0n) is 20.0. The number of benzene rings is 2. The van der Waals surface area contributed by atoms with Crippen LogP contribution in [0.4, 0.5) is 4.39 Å². The van der Waals surface area contributed by atoms with Gasteiger partial charge in [0.25, 0.3) is 0 Å². The number of sulfonamides is 1. The average Bonchev–Trinajstić information content (AvgIpc) is 2.76. The number of aryl methyl sites for hydroxylation is 2. The summed E-state index contributed by atoms with van der Waals surface area (Å²) in [6.45, 7) is 4.11. The number of carboxylic acids is 1. The van der Waals surface area contributed by atoms with E-state index in [1.165, 1.54) is 18.7 Å². The normalized spacial score (nSPS) is 13.2. The average molecular weight is 495 g/mol. The lowest BCUT2D eigenvalue weighted by Crippen LogP contribution is -2.46. The van der Waals surface area contributed by atoms with Gasteiger partial charge in [0, 0.05) is 32.1 Å². The van der Waals surface area contributed by atoms with Crippen molar-refractivity contribution in [3.63, 3.8) is 0 Å². The maximum atomic E-state index is 14.0. The van der Waals surface area contributed by atoms with E-state index in [9.17, 15) is 22.7 Å². The quantitative estimate of drug-likeness (QED) is 0.372. The lowest BCUT2D eigenvalue weighted by atomic mass is 9.95. The predicted octanol–water partition coefficient (Wildman–Crippen LogP) is 3.22. The van der Waals surface area contributed by atoms with Crippen LogP contribution in [0.2, 0.25) is 0 Å². The third-order valence-electron chi connectivity index (χ3n) is 5.66. The van der Waals surface area contributed by atoms with Crippen molar-refractivity contribution in [2.75, 3.05) is 20.1 Å². The highest BCUT2D eigenvalue weighted by Gasteiger charge is 2.25. The largest absolute Gasteiger partial charge is 0.481 e. The molecule has 0 aromatic heterocycles. The van der Waals surface area contributed by atoms with E-state index in [0.717, 1.165) is 35.7 Å². The number of aliphatic carboxylic acids is 1. The maximum absolute atomic E-state index is 14.0. The topological polar surface area (TPSA) is 107 Å². The van der Waals surface area contributed by atoms with Crippen molar-refractivity contribution in [3.05, 3.63) is 65.5 Å². The van der Waals surface area contributed by atoms with Gasteiger partial charge in [0.2, 0.25) is 10.0 Å². The molecule has 0 radical (unpaired) electrons. The van der Waals surface area contributed by atoms with Crippen molar-refractivity contribution < 1.29 is 27.8 Å². The van der Waals surface area contributed by atoms with Crippen molar-refractivity contribution in [3.8, 4) is 0 Å². The third kappa shape index (κ3) is 9.13. The minimum absolute atomic E-state index is 0.0191. The molecule has 0 aliphatic carbocycles. The van der Waals surface area contributed by atoms with Gasteiger partial charge in [0.1, 0.15) is 5.82 Å². The summed E-state index contributed by atoms with van der Waals surface area (Å²) in [7, 11) is -2.73. The van der Waals surface area contributed by atoms with E-state index in [4.69, 9.17) is 5.11 Å². The van der Waals surface area contributed by atoms with Crippen LogP contribution in [-0.4, -0.2) is 60.7 Å². The van der Waals surface area contributed by atoms with Gasteiger partial charge in [-0.2, -0.15) is 4.31 Å². The molecule has 1 atom stereocenters. The summed E-state index contributed by atoms with van der Waals surface area (Å²) in [5, 5.41) is 22.6. The van der Waals surface area contributed by atoms with Gasteiger partial charge in [-0.05, 0) is 68.9 Å². The SMILES string of the molecule is CN(C[C@H](O)CNC(C)(C)CCCc1ccccc1)S(=O)(=O)c1cc(F)cc(CCC(=O)O)c1. The molecule has 0 saturated heterocycles. The Morgan fingerprint density at radius 1 is 1.12 bits per heavy atom. The Bertz CT molecular complexity index is 1040. The first kappa shape index (κ1) is 27.9. The van der Waals surface area contributed by atoms with Crippen LogP contribution in [0.5, 0.6) is 0 Å². The van der Waals surface area contributed by atoms with E-state index in [0.29, 0.717) is 0 Å². The number of rotatable bonds is 14. The Kier molecular flexibility index (Phi) is 10.2. The number of hydrogen-bond donors (Lipinski definition) is 3. The number of carbonyl (C=O) groups is 1. The molecule has 0 heterocycles. The van der Waals surface area contributed by atoms with E-state index >= 15 is 0 Å². The summed E-state index contributed by atoms with van der Waals surface area (Å²) >= 11 is 0. The summed E-state index contributed by atoms with van der Waals surface area (Å²) < 4.78 is 40.8. The molecule has 9 heteroatoms. The molecule has 7 nitrogen and oxygen atoms in total. The van der Waals surface area contributed by atoms with E-state index in [2.05, 4.69) is 17.4 Å². The molecule has 0 unspecified atom stereocenters. The number of likely N-dealkylation sites (N-methyl/N-ethyl adjacent to an activating group) is 1. The third-order valence-corrected chi connectivity index (χ3v) is 7.46. The lowest BCUT2D eigenvalue weighted by Gasteiger charge is -2.29. The maximum Gasteiger partial charge on any atom is 0.303 e. The van der Waals surface area contributed by atoms with Crippen LogP contribution in [-0.2, 0) is 27.7 Å². The van der Waals surface area contributed by atoms with E-state index in [1.54, 1.807) is 0 Å². The Hall–Kier alpha value is -2.33. The highest BCUT2D eigenvalue weighted by atomic mass is 32.2. The molecule has 0 spiro atoms. The summed E-state index contributed by atoms with van der Waals surface area (Å²) in [5.74, 6) is -1.81. The molecule has 0 amide bonds. The number of nitrogens with one attached hydrogen (secondary N) is 1. The second kappa shape index (κ2) is 12.4. The van der Waals surface area contributed by atoms with E-state index < -0.39 is 27.9 Å². The first-order valence-corrected chi connectivity index (χ1v) is 12.8. The lowest BCUT2D eigenvalue weighted by molar-refractivity contribution is -0.136. The highest BCUT2D eigenvalue weighted by molar-refractivity contribution is 7.89. The summed E-state index contributed by atoms with van der Waals surface area (Å²) in [5.41, 5.74) is 1.32. The van der Waals surface area contributed by atoms with Gasteiger partial charge in [-0.15, -0.1) is 0 Å². The fourth-order valence-electron chi connectivity index (χ4n) is 3.67. The first-order valence-electron chi connectivity index (χ1n) is 11.3. The van der Waals surface area contributed by atoms with Crippen LogP contribution in [0.15, 0.2) is 53.4 Å². The molecule has 2 aromatic carbocycles. The standard InChI is InChI=1S/C25H35FN2O5S/c1-25(2,13-7-10-19-8-5-4-6-9-19)27-17-22(29)18-28(3)34(32,33)23-15-20(11-12-24(30)31)14-21(26)16-23/h4-6,8-9,14-16,22,27,29H,7,10-13,17-18H2,1-3H3,(H,30,31)/t22-/m1/s1. The van der Waals surface area contributed by atoms with Crippen LogP contribution in [0.3, 0.4) is 0 Å². The molecule has 2 aromatic rings. The molecule has 2 rings (SSSR count). The number of halogens is 1. The number of aliphatic hydroxyl groups excluding tert-OH is 1. The summed E-state index contributed by atoms with van der Waals surface area (Å²) in [6.07, 6.45) is 1.63. The van der Waals surface area contributed by atoms with Gasteiger partial charge in [0.05, 0.1) is 11.0 Å². The van der Waals surface area contributed by atoms with Crippen LogP contribution >= 0.6 is 0 Å². The van der Waals surface area contributed by atoms with Gasteiger partial charge in [0.15, 0.2) is 0 Å². The monoisotopic (exact) mass is 494 g/mol.